The van der Waals surface area contributed by atoms with Crippen molar-refractivity contribution in [3.63, 3.8) is 0 Å². The summed E-state index contributed by atoms with van der Waals surface area (Å²) in [5.74, 6) is 0.859. The Hall–Kier alpha value is -5.84. The van der Waals surface area contributed by atoms with Gasteiger partial charge < -0.3 is 19.1 Å². The molecule has 9 rings (SSSR count). The summed E-state index contributed by atoms with van der Waals surface area (Å²) in [7, 11) is 0. The third-order valence-corrected chi connectivity index (χ3v) is 8.53. The zero-order chi connectivity index (χ0) is 31.3. The number of phenols is 1. The second-order valence-electron chi connectivity index (χ2n) is 11.3. The van der Waals surface area contributed by atoms with Gasteiger partial charge in [-0.25, -0.2) is 9.97 Å². The van der Waals surface area contributed by atoms with Crippen molar-refractivity contribution in [3.05, 3.63) is 152 Å². The molecule has 0 unspecified atom stereocenters. The summed E-state index contributed by atoms with van der Waals surface area (Å²) in [6.45, 7) is 0. The van der Waals surface area contributed by atoms with E-state index in [0.29, 0.717) is 33.5 Å². The zero-order valence-electron chi connectivity index (χ0n) is 25.3. The van der Waals surface area contributed by atoms with Gasteiger partial charge in [-0.1, -0.05) is 96.6 Å². The van der Waals surface area contributed by atoms with Crippen molar-refractivity contribution in [2.24, 2.45) is 0 Å². The molecule has 0 amide bonds. The van der Waals surface area contributed by atoms with Crippen molar-refractivity contribution in [1.29, 1.82) is 0 Å². The van der Waals surface area contributed by atoms with E-state index in [0.717, 1.165) is 50.2 Å². The first-order valence-corrected chi connectivity index (χ1v) is 15.3. The van der Waals surface area contributed by atoms with Crippen molar-refractivity contribution in [2.45, 2.75) is 0 Å². The third-order valence-electron chi connectivity index (χ3n) is 8.53. The fraction of sp³-hybridized carbons (Fsp3) is 0. The molecule has 1 N–H and O–H groups in total. The Morgan fingerprint density at radius 3 is 2.10 bits per heavy atom. The van der Waals surface area contributed by atoms with Crippen LogP contribution in [0.3, 0.4) is 0 Å². The van der Waals surface area contributed by atoms with E-state index < -0.39 is 0 Å². The minimum absolute atomic E-state index is 0. The molecule has 6 nitrogen and oxygen atoms in total. The molecule has 0 bridgehead atoms. The Kier molecular flexibility index (Phi) is 7.43. The molecule has 0 spiro atoms. The number of benzene rings is 5. The van der Waals surface area contributed by atoms with E-state index in [1.807, 2.05) is 60.8 Å². The van der Waals surface area contributed by atoms with Gasteiger partial charge >= 0.3 is 0 Å². The fourth-order valence-electron chi connectivity index (χ4n) is 6.39. The number of imidazole rings is 1. The van der Waals surface area contributed by atoms with Crippen LogP contribution in [0.4, 0.5) is 0 Å². The second kappa shape index (κ2) is 12.1. The van der Waals surface area contributed by atoms with Gasteiger partial charge in [-0.15, -0.1) is 29.7 Å². The van der Waals surface area contributed by atoms with Crippen LogP contribution < -0.4 is 0 Å². The maximum atomic E-state index is 10.7. The van der Waals surface area contributed by atoms with Crippen LogP contribution in [0.5, 0.6) is 5.75 Å². The number of pyridine rings is 2. The van der Waals surface area contributed by atoms with Gasteiger partial charge in [0.15, 0.2) is 5.58 Å². The second-order valence-corrected chi connectivity index (χ2v) is 11.3. The molecule has 5 aromatic carbocycles. The minimum Gasteiger partial charge on any atom is -0.507 e. The monoisotopic (exact) mass is 800 g/mol. The van der Waals surface area contributed by atoms with E-state index in [-0.39, 0.29) is 26.8 Å². The first-order valence-electron chi connectivity index (χ1n) is 15.3. The molecule has 0 atom stereocenters. The molecular formula is C41H25N4O2Pt-. The van der Waals surface area contributed by atoms with Gasteiger partial charge in [0, 0.05) is 44.6 Å². The number of aromatic hydroxyl groups is 1. The topological polar surface area (TPSA) is 77.0 Å². The van der Waals surface area contributed by atoms with Crippen LogP contribution >= 0.6 is 0 Å². The van der Waals surface area contributed by atoms with E-state index in [1.54, 1.807) is 12.1 Å². The van der Waals surface area contributed by atoms with Crippen molar-refractivity contribution in [2.75, 3.05) is 0 Å². The molecule has 0 aliphatic rings. The number of furan rings is 1. The van der Waals surface area contributed by atoms with Gasteiger partial charge in [0.05, 0.1) is 16.8 Å². The number of hydrogen-bond acceptors (Lipinski definition) is 5. The summed E-state index contributed by atoms with van der Waals surface area (Å²) in [5, 5.41) is 12.2. The molecule has 4 heterocycles. The third kappa shape index (κ3) is 4.90. The van der Waals surface area contributed by atoms with E-state index >= 15 is 0 Å². The van der Waals surface area contributed by atoms with Crippen LogP contribution in [-0.2, 0) is 21.1 Å². The Bertz CT molecular complexity index is 2530. The van der Waals surface area contributed by atoms with Gasteiger partial charge in [0.25, 0.3) is 0 Å². The van der Waals surface area contributed by atoms with Crippen LogP contribution in [0.1, 0.15) is 0 Å². The van der Waals surface area contributed by atoms with Crippen molar-refractivity contribution in [1.82, 2.24) is 19.5 Å². The molecule has 0 aliphatic carbocycles. The fourth-order valence-corrected chi connectivity index (χ4v) is 6.39. The van der Waals surface area contributed by atoms with Crippen LogP contribution in [-0.4, -0.2) is 24.6 Å². The van der Waals surface area contributed by atoms with Crippen LogP contribution in [0.15, 0.2) is 150 Å². The maximum Gasteiger partial charge on any atom is 0.154 e. The van der Waals surface area contributed by atoms with Gasteiger partial charge in [0.2, 0.25) is 0 Å². The molecule has 7 heteroatoms. The number of nitrogens with zero attached hydrogens (tertiary/aromatic N) is 4. The Morgan fingerprint density at radius 1 is 0.625 bits per heavy atom. The normalized spacial score (nSPS) is 11.2. The van der Waals surface area contributed by atoms with E-state index in [9.17, 15) is 5.11 Å². The van der Waals surface area contributed by atoms with Gasteiger partial charge in [-0.2, -0.15) is 0 Å². The number of para-hydroxylation sites is 1. The molecule has 0 saturated heterocycles. The summed E-state index contributed by atoms with van der Waals surface area (Å²) in [6.07, 6.45) is 3.87. The quantitative estimate of drug-likeness (QED) is 0.176. The predicted molar refractivity (Wildman–Crippen MR) is 186 cm³/mol. The summed E-state index contributed by atoms with van der Waals surface area (Å²) in [4.78, 5) is 14.9. The smallest absolute Gasteiger partial charge is 0.154 e. The molecule has 0 radical (unpaired) electrons. The summed E-state index contributed by atoms with van der Waals surface area (Å²) >= 11 is 0. The van der Waals surface area contributed by atoms with Crippen molar-refractivity contribution >= 4 is 33.0 Å². The first-order chi connectivity index (χ1) is 23.2. The van der Waals surface area contributed by atoms with E-state index in [2.05, 4.69) is 88.5 Å². The minimum atomic E-state index is 0. The number of phenolic OH excluding ortho intramolecular Hbond substituents is 1. The summed E-state index contributed by atoms with van der Waals surface area (Å²) in [6, 6.07) is 47.5. The molecule has 232 valence electrons. The Morgan fingerprint density at radius 2 is 1.35 bits per heavy atom. The van der Waals surface area contributed by atoms with Gasteiger partial charge in [-0.05, 0) is 40.9 Å². The molecule has 0 aliphatic heterocycles. The average molecular weight is 801 g/mol. The first kappa shape index (κ1) is 29.6. The van der Waals surface area contributed by atoms with Crippen molar-refractivity contribution < 1.29 is 30.6 Å². The summed E-state index contributed by atoms with van der Waals surface area (Å²) in [5.41, 5.74) is 10.1. The molecule has 0 saturated carbocycles. The maximum absolute atomic E-state index is 10.7. The molecule has 4 aromatic heterocycles. The number of aromatic nitrogens is 4. The van der Waals surface area contributed by atoms with Crippen LogP contribution in [0.25, 0.3) is 83.7 Å². The van der Waals surface area contributed by atoms with Crippen LogP contribution in [0.2, 0.25) is 0 Å². The molecule has 48 heavy (non-hydrogen) atoms. The van der Waals surface area contributed by atoms with Crippen molar-refractivity contribution in [3.8, 4) is 56.5 Å². The van der Waals surface area contributed by atoms with E-state index in [1.165, 1.54) is 0 Å². The zero-order valence-corrected chi connectivity index (χ0v) is 27.6. The molecule has 9 aromatic rings. The SMILES string of the molecule is Oc1cccc2oc3ccc(-c4cn(-c5c(-c6ccccc6)cccc5-c5ccccc5)c(-c5ccnc6ccc[c-]c56)n4)nc3c12.[Pt]. The Balaban J connectivity index is 0.00000336. The number of rotatable bonds is 5. The van der Waals surface area contributed by atoms with Gasteiger partial charge in [0.1, 0.15) is 28.4 Å². The van der Waals surface area contributed by atoms with Crippen LogP contribution in [0, 0.1) is 6.07 Å². The van der Waals surface area contributed by atoms with Gasteiger partial charge in [-0.3, -0.25) is 0 Å². The standard InChI is InChI=1S/C41H25N4O2.Pt/c46-35-19-10-20-36-38(35)39-37(47-36)22-21-33(43-39)34-25-45(41(44-34)31-23-24-42-32-18-8-7-15-30(31)32)40-28(26-11-3-1-4-12-26)16-9-17-29(40)27-13-5-2-6-14-27;/h1-14,16-25,46H;/q-1;. The summed E-state index contributed by atoms with van der Waals surface area (Å²) < 4.78 is 8.18. The largest absolute Gasteiger partial charge is 0.507 e. The number of fused-ring (bicyclic) bond motifs is 4. The number of hydrogen-bond donors (Lipinski definition) is 1. The molecule has 0 fully saturated rings. The molecular weight excluding hydrogens is 776 g/mol. The predicted octanol–water partition coefficient (Wildman–Crippen LogP) is 9.89. The average Bonchev–Trinajstić information content (AvgIpc) is 3.74. The Labute approximate surface area is 290 Å². The van der Waals surface area contributed by atoms with E-state index in [4.69, 9.17) is 14.4 Å².